The van der Waals surface area contributed by atoms with Crippen molar-refractivity contribution in [3.8, 4) is 17.2 Å². The Hall–Kier alpha value is -3.57. The molecule has 2 amide bonds. The van der Waals surface area contributed by atoms with Crippen molar-refractivity contribution < 1.29 is 38.3 Å². The van der Waals surface area contributed by atoms with Crippen LogP contribution in [0.1, 0.15) is 30.1 Å². The lowest BCUT2D eigenvalue weighted by Crippen LogP contribution is -2.47. The molecule has 0 saturated carbocycles. The number of esters is 1. The van der Waals surface area contributed by atoms with Gasteiger partial charge >= 0.3 is 11.7 Å². The molecule has 0 aliphatic carbocycles. The van der Waals surface area contributed by atoms with E-state index in [4.69, 9.17) is 18.9 Å². The second-order valence-corrected chi connectivity index (χ2v) is 7.39. The fourth-order valence-electron chi connectivity index (χ4n) is 3.72. The minimum absolute atomic E-state index is 0.0275. The zero-order valence-corrected chi connectivity index (χ0v) is 19.4. The van der Waals surface area contributed by atoms with E-state index in [1.807, 2.05) is 0 Å². The zero-order valence-electron chi connectivity index (χ0n) is 19.4. The summed E-state index contributed by atoms with van der Waals surface area (Å²) in [5.41, 5.74) is -0.910. The SMILES string of the molecule is CCOC(=O)C1CCCN(C(=O)CN(C)C(=O)c2cc(OC)c(OC)c(OC)c2[N+](=O)[O-])C1. The number of nitro groups is 1. The lowest BCUT2D eigenvalue weighted by molar-refractivity contribution is -0.386. The molecule has 0 spiro atoms. The summed E-state index contributed by atoms with van der Waals surface area (Å²) in [6.45, 7) is 2.29. The summed E-state index contributed by atoms with van der Waals surface area (Å²) in [5, 5.41) is 11.8. The number of amides is 2. The molecule has 0 N–H and O–H groups in total. The third-order valence-electron chi connectivity index (χ3n) is 5.33. The van der Waals surface area contributed by atoms with Crippen LogP contribution in [0.2, 0.25) is 0 Å². The largest absolute Gasteiger partial charge is 0.493 e. The molecule has 1 saturated heterocycles. The molecule has 0 bridgehead atoms. The van der Waals surface area contributed by atoms with Gasteiger partial charge in [0.2, 0.25) is 17.4 Å². The van der Waals surface area contributed by atoms with Crippen LogP contribution in [0.4, 0.5) is 5.69 Å². The van der Waals surface area contributed by atoms with Crippen molar-refractivity contribution >= 4 is 23.5 Å². The van der Waals surface area contributed by atoms with Crippen LogP contribution < -0.4 is 14.2 Å². The maximum absolute atomic E-state index is 13.1. The number of carbonyl (C=O) groups is 3. The lowest BCUT2D eigenvalue weighted by atomic mass is 9.98. The van der Waals surface area contributed by atoms with Crippen molar-refractivity contribution in [2.24, 2.45) is 5.92 Å². The smallest absolute Gasteiger partial charge is 0.327 e. The zero-order chi connectivity index (χ0) is 24.7. The molecule has 2 rings (SSSR count). The highest BCUT2D eigenvalue weighted by molar-refractivity contribution is 6.02. The minimum atomic E-state index is -0.770. The highest BCUT2D eigenvalue weighted by Gasteiger charge is 2.35. The predicted octanol–water partition coefficient (Wildman–Crippen LogP) is 1.49. The van der Waals surface area contributed by atoms with Crippen LogP contribution in [0.5, 0.6) is 17.2 Å². The Labute approximate surface area is 191 Å². The summed E-state index contributed by atoms with van der Waals surface area (Å²) >= 11 is 0. The highest BCUT2D eigenvalue weighted by Crippen LogP contribution is 2.46. The van der Waals surface area contributed by atoms with Gasteiger partial charge in [-0.25, -0.2) is 0 Å². The maximum Gasteiger partial charge on any atom is 0.327 e. The third-order valence-corrected chi connectivity index (χ3v) is 5.33. The van der Waals surface area contributed by atoms with Gasteiger partial charge in [0.15, 0.2) is 5.75 Å². The maximum atomic E-state index is 13.1. The number of nitrogens with zero attached hydrogens (tertiary/aromatic N) is 3. The summed E-state index contributed by atoms with van der Waals surface area (Å²) in [7, 11) is 5.18. The number of benzene rings is 1. The summed E-state index contributed by atoms with van der Waals surface area (Å²) in [6, 6.07) is 1.18. The second-order valence-electron chi connectivity index (χ2n) is 7.39. The first kappa shape index (κ1) is 25.7. The minimum Gasteiger partial charge on any atom is -0.493 e. The van der Waals surface area contributed by atoms with Crippen LogP contribution in [-0.2, 0) is 14.3 Å². The molecule has 1 heterocycles. The Morgan fingerprint density at radius 2 is 1.85 bits per heavy atom. The van der Waals surface area contributed by atoms with E-state index in [-0.39, 0.29) is 54.4 Å². The van der Waals surface area contributed by atoms with E-state index >= 15 is 0 Å². The number of hydrogen-bond donors (Lipinski definition) is 0. The van der Waals surface area contributed by atoms with E-state index in [1.165, 1.54) is 39.3 Å². The van der Waals surface area contributed by atoms with Gasteiger partial charge in [-0.1, -0.05) is 0 Å². The molecular weight excluding hydrogens is 438 g/mol. The number of likely N-dealkylation sites (tertiary alicyclic amines) is 1. The van der Waals surface area contributed by atoms with Crippen molar-refractivity contribution in [1.29, 1.82) is 0 Å². The number of nitro benzene ring substituents is 1. The number of likely N-dealkylation sites (N-methyl/N-ethyl adjacent to an activating group) is 1. The lowest BCUT2D eigenvalue weighted by Gasteiger charge is -2.32. The van der Waals surface area contributed by atoms with Crippen molar-refractivity contribution in [2.45, 2.75) is 19.8 Å². The normalized spacial score (nSPS) is 15.4. The van der Waals surface area contributed by atoms with Gasteiger partial charge in [0.05, 0.1) is 45.3 Å². The van der Waals surface area contributed by atoms with Crippen LogP contribution in [0.25, 0.3) is 0 Å². The summed E-state index contributed by atoms with van der Waals surface area (Å²) in [4.78, 5) is 51.5. The molecule has 1 atom stereocenters. The van der Waals surface area contributed by atoms with Crippen LogP contribution in [0.3, 0.4) is 0 Å². The molecule has 1 aliphatic rings. The Kier molecular flexibility index (Phi) is 8.83. The summed E-state index contributed by atoms with van der Waals surface area (Å²) in [6.07, 6.45) is 1.25. The molecule has 0 radical (unpaired) electrons. The molecule has 182 valence electrons. The standard InChI is InChI=1S/C21H29N3O9/c1-6-33-21(27)13-8-7-9-23(11-13)16(25)12-22(2)20(26)14-10-15(30-3)18(31-4)19(32-5)17(14)24(28)29/h10,13H,6-9,11-12H2,1-5H3. The van der Waals surface area contributed by atoms with Crippen molar-refractivity contribution in [3.05, 3.63) is 21.7 Å². The predicted molar refractivity (Wildman–Crippen MR) is 116 cm³/mol. The third kappa shape index (κ3) is 5.62. The molecule has 1 fully saturated rings. The molecule has 1 aliphatic heterocycles. The average Bonchev–Trinajstić information content (AvgIpc) is 2.81. The van der Waals surface area contributed by atoms with Crippen LogP contribution >= 0.6 is 0 Å². The van der Waals surface area contributed by atoms with E-state index in [0.29, 0.717) is 19.4 Å². The Morgan fingerprint density at radius 3 is 2.39 bits per heavy atom. The van der Waals surface area contributed by atoms with Gasteiger partial charge in [0.1, 0.15) is 5.56 Å². The molecular formula is C21H29N3O9. The van der Waals surface area contributed by atoms with Gasteiger partial charge < -0.3 is 28.7 Å². The van der Waals surface area contributed by atoms with Crippen molar-refractivity contribution in [2.75, 3.05) is 54.6 Å². The molecule has 1 unspecified atom stereocenters. The number of methoxy groups -OCH3 is 3. The molecule has 33 heavy (non-hydrogen) atoms. The molecule has 1 aromatic rings. The number of rotatable bonds is 9. The van der Waals surface area contributed by atoms with Gasteiger partial charge in [-0.15, -0.1) is 0 Å². The monoisotopic (exact) mass is 467 g/mol. The average molecular weight is 467 g/mol. The first-order valence-electron chi connectivity index (χ1n) is 10.4. The highest BCUT2D eigenvalue weighted by atomic mass is 16.6. The van der Waals surface area contributed by atoms with Gasteiger partial charge in [-0.3, -0.25) is 24.5 Å². The first-order chi connectivity index (χ1) is 15.7. The van der Waals surface area contributed by atoms with Crippen LogP contribution in [0, 0.1) is 16.0 Å². The van der Waals surface area contributed by atoms with Gasteiger partial charge in [0.25, 0.3) is 5.91 Å². The van der Waals surface area contributed by atoms with E-state index in [9.17, 15) is 24.5 Å². The number of ether oxygens (including phenoxy) is 4. The van der Waals surface area contributed by atoms with Gasteiger partial charge in [-0.2, -0.15) is 0 Å². The van der Waals surface area contributed by atoms with Crippen LogP contribution in [-0.4, -0.2) is 87.1 Å². The van der Waals surface area contributed by atoms with E-state index in [2.05, 4.69) is 0 Å². The molecule has 0 aromatic heterocycles. The molecule has 12 nitrogen and oxygen atoms in total. The van der Waals surface area contributed by atoms with E-state index < -0.39 is 22.4 Å². The second kappa shape index (κ2) is 11.3. The molecule has 1 aromatic carbocycles. The number of carbonyl (C=O) groups excluding carboxylic acids is 3. The molecule has 12 heteroatoms. The Morgan fingerprint density at radius 1 is 1.18 bits per heavy atom. The fourth-order valence-corrected chi connectivity index (χ4v) is 3.72. The van der Waals surface area contributed by atoms with Crippen molar-refractivity contribution in [3.63, 3.8) is 0 Å². The Bertz CT molecular complexity index is 919. The summed E-state index contributed by atoms with van der Waals surface area (Å²) in [5.74, 6) is -2.15. The summed E-state index contributed by atoms with van der Waals surface area (Å²) < 4.78 is 20.5. The fraction of sp³-hybridized carbons (Fsp3) is 0.571. The van der Waals surface area contributed by atoms with Gasteiger partial charge in [0, 0.05) is 26.2 Å². The number of piperidine rings is 1. The van der Waals surface area contributed by atoms with Crippen molar-refractivity contribution in [1.82, 2.24) is 9.80 Å². The first-order valence-corrected chi connectivity index (χ1v) is 10.4. The quantitative estimate of drug-likeness (QED) is 0.300. The topological polar surface area (TPSA) is 138 Å². The number of hydrogen-bond acceptors (Lipinski definition) is 9. The van der Waals surface area contributed by atoms with Crippen LogP contribution in [0.15, 0.2) is 6.07 Å². The van der Waals surface area contributed by atoms with E-state index in [0.717, 1.165) is 4.90 Å². The Balaban J connectivity index is 2.26. The van der Waals surface area contributed by atoms with Gasteiger partial charge in [-0.05, 0) is 19.8 Å². The van der Waals surface area contributed by atoms with E-state index in [1.54, 1.807) is 6.92 Å².